The van der Waals surface area contributed by atoms with Crippen molar-refractivity contribution in [3.05, 3.63) is 151 Å². The fourth-order valence-electron chi connectivity index (χ4n) is 6.33. The third-order valence-corrected chi connectivity index (χ3v) is 8.79. The van der Waals surface area contributed by atoms with Crippen LogP contribution in [0, 0.1) is 11.3 Å². The standard InChI is InChI=1S/C45H43N/c1-30(2)13-11-16-38(46)26-21-31(3)33-24-22-32-23-25-35(28-36(32)27-33)44-41-19-9-7-17-39(41)43(40-18-8-10-20-42(40)44)34-14-12-15-37(29-34)45(4,5)6/h7-15,17-30,46H,3,16H2,1-2,4-6H3/b13-11-,26-21-,46-38?. The van der Waals surface area contributed by atoms with Crippen molar-refractivity contribution in [1.82, 2.24) is 0 Å². The van der Waals surface area contributed by atoms with E-state index >= 15 is 0 Å². The maximum Gasteiger partial charge on any atom is 0.0351 e. The zero-order valence-electron chi connectivity index (χ0n) is 27.7. The predicted molar refractivity (Wildman–Crippen MR) is 203 cm³/mol. The lowest BCUT2D eigenvalue weighted by molar-refractivity contribution is 0.590. The molecule has 0 aromatic heterocycles. The molecule has 0 fully saturated rings. The maximum atomic E-state index is 8.30. The Labute approximate surface area is 274 Å². The third kappa shape index (κ3) is 6.37. The topological polar surface area (TPSA) is 23.9 Å². The first kappa shape index (κ1) is 31.0. The van der Waals surface area contributed by atoms with E-state index < -0.39 is 0 Å². The molecule has 0 atom stereocenters. The van der Waals surface area contributed by atoms with Gasteiger partial charge in [-0.25, -0.2) is 0 Å². The smallest absolute Gasteiger partial charge is 0.0351 e. The van der Waals surface area contributed by atoms with E-state index in [2.05, 4.69) is 163 Å². The highest BCUT2D eigenvalue weighted by Gasteiger charge is 2.19. The number of hydrogen-bond donors (Lipinski definition) is 1. The molecule has 6 aromatic carbocycles. The minimum atomic E-state index is 0.0686. The summed E-state index contributed by atoms with van der Waals surface area (Å²) in [5.41, 5.74) is 8.96. The van der Waals surface area contributed by atoms with Gasteiger partial charge in [0.1, 0.15) is 0 Å². The molecule has 1 heteroatoms. The van der Waals surface area contributed by atoms with Gasteiger partial charge in [-0.15, -0.1) is 0 Å². The molecule has 0 spiro atoms. The van der Waals surface area contributed by atoms with Gasteiger partial charge in [-0.1, -0.05) is 156 Å². The summed E-state index contributed by atoms with van der Waals surface area (Å²) in [5, 5.41) is 15.7. The van der Waals surface area contributed by atoms with E-state index in [1.165, 1.54) is 60.1 Å². The van der Waals surface area contributed by atoms with Crippen LogP contribution in [0.3, 0.4) is 0 Å². The zero-order chi connectivity index (χ0) is 32.4. The molecule has 0 aliphatic rings. The average molecular weight is 598 g/mol. The van der Waals surface area contributed by atoms with Gasteiger partial charge in [0.2, 0.25) is 0 Å². The van der Waals surface area contributed by atoms with Crippen LogP contribution in [0.2, 0.25) is 0 Å². The van der Waals surface area contributed by atoms with E-state index in [0.717, 1.165) is 11.1 Å². The highest BCUT2D eigenvalue weighted by Crippen LogP contribution is 2.44. The molecule has 0 saturated heterocycles. The van der Waals surface area contributed by atoms with E-state index in [4.69, 9.17) is 5.41 Å². The molecule has 0 radical (unpaired) electrons. The van der Waals surface area contributed by atoms with Gasteiger partial charge in [0.25, 0.3) is 0 Å². The number of fused-ring (bicyclic) bond motifs is 3. The molecular weight excluding hydrogens is 555 g/mol. The first-order valence-corrected chi connectivity index (χ1v) is 16.3. The van der Waals surface area contributed by atoms with Crippen LogP contribution in [0.4, 0.5) is 0 Å². The summed E-state index contributed by atoms with van der Waals surface area (Å²) in [5.74, 6) is 0.494. The molecular formula is C45H43N. The van der Waals surface area contributed by atoms with Crippen molar-refractivity contribution in [1.29, 1.82) is 5.41 Å². The summed E-state index contributed by atoms with van der Waals surface area (Å²) >= 11 is 0. The van der Waals surface area contributed by atoms with Crippen molar-refractivity contribution < 1.29 is 0 Å². The van der Waals surface area contributed by atoms with Crippen LogP contribution in [0.5, 0.6) is 0 Å². The summed E-state index contributed by atoms with van der Waals surface area (Å²) in [6.07, 6.45) is 8.67. The summed E-state index contributed by atoms with van der Waals surface area (Å²) in [6.45, 7) is 15.5. The molecule has 0 unspecified atom stereocenters. The molecule has 0 aliphatic carbocycles. The highest BCUT2D eigenvalue weighted by molar-refractivity contribution is 6.21. The Bertz CT molecular complexity index is 2110. The Morgan fingerprint density at radius 1 is 0.674 bits per heavy atom. The average Bonchev–Trinajstić information content (AvgIpc) is 3.05. The molecule has 1 nitrogen and oxygen atoms in total. The van der Waals surface area contributed by atoms with Crippen LogP contribution in [0.15, 0.2) is 140 Å². The fourth-order valence-corrected chi connectivity index (χ4v) is 6.33. The van der Waals surface area contributed by atoms with Gasteiger partial charge in [0.05, 0.1) is 0 Å². The molecule has 46 heavy (non-hydrogen) atoms. The van der Waals surface area contributed by atoms with E-state index in [-0.39, 0.29) is 5.41 Å². The number of rotatable bonds is 8. The Morgan fingerprint density at radius 2 is 1.26 bits per heavy atom. The van der Waals surface area contributed by atoms with E-state index in [1.807, 2.05) is 12.2 Å². The van der Waals surface area contributed by atoms with E-state index in [9.17, 15) is 0 Å². The van der Waals surface area contributed by atoms with Crippen molar-refractivity contribution in [2.24, 2.45) is 5.92 Å². The van der Waals surface area contributed by atoms with Gasteiger partial charge in [-0.3, -0.25) is 0 Å². The van der Waals surface area contributed by atoms with Gasteiger partial charge in [-0.05, 0) is 101 Å². The van der Waals surface area contributed by atoms with Crippen LogP contribution in [-0.4, -0.2) is 5.71 Å². The maximum absolute atomic E-state index is 8.30. The Morgan fingerprint density at radius 3 is 1.85 bits per heavy atom. The van der Waals surface area contributed by atoms with Gasteiger partial charge < -0.3 is 5.41 Å². The number of nitrogens with one attached hydrogen (secondary N) is 1. The second-order valence-corrected chi connectivity index (χ2v) is 13.7. The molecule has 6 rings (SSSR count). The predicted octanol–water partition coefficient (Wildman–Crippen LogP) is 13.0. The summed E-state index contributed by atoms with van der Waals surface area (Å²) in [7, 11) is 0. The van der Waals surface area contributed by atoms with E-state index in [1.54, 1.807) is 0 Å². The largest absolute Gasteiger partial charge is 0.305 e. The van der Waals surface area contributed by atoms with E-state index in [0.29, 0.717) is 18.1 Å². The summed E-state index contributed by atoms with van der Waals surface area (Å²) < 4.78 is 0. The Balaban J connectivity index is 1.46. The zero-order valence-corrected chi connectivity index (χ0v) is 27.7. The Hall–Kier alpha value is -5.01. The van der Waals surface area contributed by atoms with Crippen LogP contribution in [0.25, 0.3) is 60.1 Å². The van der Waals surface area contributed by atoms with Gasteiger partial charge >= 0.3 is 0 Å². The Kier molecular flexibility index (Phi) is 8.61. The highest BCUT2D eigenvalue weighted by atomic mass is 14.4. The van der Waals surface area contributed by atoms with Crippen molar-refractivity contribution >= 4 is 43.6 Å². The first-order chi connectivity index (χ1) is 22.1. The van der Waals surface area contributed by atoms with Crippen molar-refractivity contribution in [3.8, 4) is 22.3 Å². The minimum absolute atomic E-state index is 0.0686. The lowest BCUT2D eigenvalue weighted by Gasteiger charge is -2.22. The van der Waals surface area contributed by atoms with Gasteiger partial charge in [-0.2, -0.15) is 0 Å². The summed E-state index contributed by atoms with van der Waals surface area (Å²) in [4.78, 5) is 0. The third-order valence-electron chi connectivity index (χ3n) is 8.79. The number of allylic oxidation sites excluding steroid dienone is 5. The second-order valence-electron chi connectivity index (χ2n) is 13.7. The van der Waals surface area contributed by atoms with Crippen LogP contribution in [-0.2, 0) is 5.41 Å². The fraction of sp³-hybridized carbons (Fsp3) is 0.178. The molecule has 6 aromatic rings. The van der Waals surface area contributed by atoms with Crippen LogP contribution in [0.1, 0.15) is 52.2 Å². The van der Waals surface area contributed by atoms with Gasteiger partial charge in [0, 0.05) is 12.1 Å². The molecule has 0 heterocycles. The summed E-state index contributed by atoms with van der Waals surface area (Å²) in [6, 6.07) is 40.1. The quantitative estimate of drug-likeness (QED) is 0.0781. The molecule has 228 valence electrons. The normalized spacial score (nSPS) is 12.3. The van der Waals surface area contributed by atoms with Crippen molar-refractivity contribution in [2.45, 2.75) is 46.5 Å². The lowest BCUT2D eigenvalue weighted by Crippen LogP contribution is -2.10. The molecule has 0 amide bonds. The first-order valence-electron chi connectivity index (χ1n) is 16.3. The van der Waals surface area contributed by atoms with Crippen molar-refractivity contribution in [3.63, 3.8) is 0 Å². The SMILES string of the molecule is C=C(/C=C\C(=N)C/C=C\C(C)C)c1ccc2ccc(-c3c4ccccc4c(-c4cccc(C(C)(C)C)c4)c4ccccc34)cc2c1. The molecule has 1 N–H and O–H groups in total. The van der Waals surface area contributed by atoms with Crippen LogP contribution >= 0.6 is 0 Å². The van der Waals surface area contributed by atoms with Gasteiger partial charge in [0.15, 0.2) is 0 Å². The lowest BCUT2D eigenvalue weighted by atomic mass is 9.82. The van der Waals surface area contributed by atoms with Crippen LogP contribution < -0.4 is 0 Å². The van der Waals surface area contributed by atoms with Crippen molar-refractivity contribution in [2.75, 3.05) is 0 Å². The molecule has 0 saturated carbocycles. The number of hydrogen-bond acceptors (Lipinski definition) is 1. The number of benzene rings is 6. The second kappa shape index (κ2) is 12.8. The monoisotopic (exact) mass is 597 g/mol. The minimum Gasteiger partial charge on any atom is -0.305 e. The molecule has 0 bridgehead atoms. The molecule has 0 aliphatic heterocycles.